The summed E-state index contributed by atoms with van der Waals surface area (Å²) in [6.07, 6.45) is 1.19. The van der Waals surface area contributed by atoms with Gasteiger partial charge in [0.15, 0.2) is 0 Å². The lowest BCUT2D eigenvalue weighted by molar-refractivity contribution is 0.588. The molecule has 1 aromatic carbocycles. The molecule has 0 heteroatoms. The predicted molar refractivity (Wildman–Crippen MR) is 68.4 cm³/mol. The Balaban J connectivity index is 2.98. The standard InChI is InChI=1S/C15H24/c1-11(2)9-13-7-8-14(10-12(13)3)15(4,5)6/h7-8,10-11H,9H2,1-6H3. The van der Waals surface area contributed by atoms with Gasteiger partial charge in [0, 0.05) is 0 Å². The normalized spacial score (nSPS) is 12.2. The molecule has 1 rings (SSSR count). The van der Waals surface area contributed by atoms with Crippen LogP contribution in [-0.2, 0) is 11.8 Å². The van der Waals surface area contributed by atoms with Crippen molar-refractivity contribution in [1.82, 2.24) is 0 Å². The van der Waals surface area contributed by atoms with Gasteiger partial charge in [0.25, 0.3) is 0 Å². The summed E-state index contributed by atoms with van der Waals surface area (Å²) >= 11 is 0. The zero-order valence-electron chi connectivity index (χ0n) is 11.0. The van der Waals surface area contributed by atoms with Gasteiger partial charge >= 0.3 is 0 Å². The van der Waals surface area contributed by atoms with Gasteiger partial charge in [-0.05, 0) is 41.4 Å². The molecule has 0 saturated carbocycles. The van der Waals surface area contributed by atoms with Crippen molar-refractivity contribution in [2.75, 3.05) is 0 Å². The number of benzene rings is 1. The van der Waals surface area contributed by atoms with Crippen LogP contribution in [0, 0.1) is 12.8 Å². The first-order valence-electron chi connectivity index (χ1n) is 5.90. The molecule has 0 atom stereocenters. The minimum Gasteiger partial charge on any atom is -0.0625 e. The highest BCUT2D eigenvalue weighted by molar-refractivity contribution is 5.34. The molecule has 0 amide bonds. The van der Waals surface area contributed by atoms with E-state index in [9.17, 15) is 0 Å². The highest BCUT2D eigenvalue weighted by Gasteiger charge is 2.14. The van der Waals surface area contributed by atoms with Crippen molar-refractivity contribution in [3.05, 3.63) is 34.9 Å². The van der Waals surface area contributed by atoms with E-state index >= 15 is 0 Å². The van der Waals surface area contributed by atoms with Crippen LogP contribution in [0.3, 0.4) is 0 Å². The highest BCUT2D eigenvalue weighted by Crippen LogP contribution is 2.25. The Morgan fingerprint density at radius 3 is 2.13 bits per heavy atom. The monoisotopic (exact) mass is 204 g/mol. The third-order valence-corrected chi connectivity index (χ3v) is 2.84. The molecule has 84 valence electrons. The van der Waals surface area contributed by atoms with E-state index in [-0.39, 0.29) is 5.41 Å². The lowest BCUT2D eigenvalue weighted by Crippen LogP contribution is -2.11. The van der Waals surface area contributed by atoms with Crippen LogP contribution in [-0.4, -0.2) is 0 Å². The molecule has 0 bridgehead atoms. The third kappa shape index (κ3) is 3.37. The molecule has 0 aliphatic carbocycles. The van der Waals surface area contributed by atoms with Gasteiger partial charge in [0.1, 0.15) is 0 Å². The van der Waals surface area contributed by atoms with Crippen LogP contribution in [0.15, 0.2) is 18.2 Å². The molecule has 15 heavy (non-hydrogen) atoms. The molecule has 1 aromatic rings. The van der Waals surface area contributed by atoms with Gasteiger partial charge in [0.2, 0.25) is 0 Å². The van der Waals surface area contributed by atoms with Crippen LogP contribution < -0.4 is 0 Å². The third-order valence-electron chi connectivity index (χ3n) is 2.84. The van der Waals surface area contributed by atoms with Gasteiger partial charge in [-0.15, -0.1) is 0 Å². The van der Waals surface area contributed by atoms with Crippen LogP contribution in [0.2, 0.25) is 0 Å². The zero-order valence-corrected chi connectivity index (χ0v) is 11.0. The summed E-state index contributed by atoms with van der Waals surface area (Å²) < 4.78 is 0. The van der Waals surface area contributed by atoms with Gasteiger partial charge in [0.05, 0.1) is 0 Å². The summed E-state index contributed by atoms with van der Waals surface area (Å²) in [6.45, 7) is 13.6. The first-order valence-corrected chi connectivity index (χ1v) is 5.90. The first kappa shape index (κ1) is 12.3. The van der Waals surface area contributed by atoms with E-state index in [1.54, 1.807) is 0 Å². The summed E-state index contributed by atoms with van der Waals surface area (Å²) in [4.78, 5) is 0. The molecule has 0 unspecified atom stereocenters. The average molecular weight is 204 g/mol. The van der Waals surface area contributed by atoms with E-state index in [1.807, 2.05) is 0 Å². The van der Waals surface area contributed by atoms with Crippen LogP contribution in [0.4, 0.5) is 0 Å². The van der Waals surface area contributed by atoms with Crippen LogP contribution in [0.25, 0.3) is 0 Å². The molecule has 0 aliphatic heterocycles. The second-order valence-corrected chi connectivity index (χ2v) is 5.99. The van der Waals surface area contributed by atoms with Gasteiger partial charge in [-0.3, -0.25) is 0 Å². The summed E-state index contributed by atoms with van der Waals surface area (Å²) in [5.74, 6) is 0.740. The minimum absolute atomic E-state index is 0.265. The average Bonchev–Trinajstić information content (AvgIpc) is 2.05. The van der Waals surface area contributed by atoms with E-state index in [1.165, 1.54) is 23.1 Å². The quantitative estimate of drug-likeness (QED) is 0.666. The molecule has 0 spiro atoms. The van der Waals surface area contributed by atoms with Crippen molar-refractivity contribution < 1.29 is 0 Å². The van der Waals surface area contributed by atoms with Crippen LogP contribution >= 0.6 is 0 Å². The molecule has 0 N–H and O–H groups in total. The van der Waals surface area contributed by atoms with Crippen molar-refractivity contribution in [3.8, 4) is 0 Å². The Kier molecular flexibility index (Phi) is 3.59. The number of hydrogen-bond donors (Lipinski definition) is 0. The largest absolute Gasteiger partial charge is 0.0625 e. The van der Waals surface area contributed by atoms with Gasteiger partial charge in [-0.1, -0.05) is 52.8 Å². The van der Waals surface area contributed by atoms with E-state index in [2.05, 4.69) is 59.7 Å². The fourth-order valence-corrected chi connectivity index (χ4v) is 1.83. The molecule has 0 saturated heterocycles. The van der Waals surface area contributed by atoms with Crippen LogP contribution in [0.1, 0.15) is 51.3 Å². The van der Waals surface area contributed by atoms with Crippen molar-refractivity contribution in [2.45, 2.75) is 53.4 Å². The summed E-state index contributed by atoms with van der Waals surface area (Å²) in [6, 6.07) is 6.93. The van der Waals surface area contributed by atoms with Crippen molar-refractivity contribution >= 4 is 0 Å². The highest BCUT2D eigenvalue weighted by atomic mass is 14.2. The Morgan fingerprint density at radius 1 is 1.13 bits per heavy atom. The maximum absolute atomic E-state index is 2.34. The number of rotatable bonds is 2. The summed E-state index contributed by atoms with van der Waals surface area (Å²) in [7, 11) is 0. The second kappa shape index (κ2) is 4.38. The zero-order chi connectivity index (χ0) is 11.6. The lowest BCUT2D eigenvalue weighted by Gasteiger charge is -2.21. The van der Waals surface area contributed by atoms with E-state index in [0.29, 0.717) is 0 Å². The van der Waals surface area contributed by atoms with Crippen molar-refractivity contribution in [1.29, 1.82) is 0 Å². The van der Waals surface area contributed by atoms with E-state index in [4.69, 9.17) is 0 Å². The molecule has 0 nitrogen and oxygen atoms in total. The molecular formula is C15H24. The Morgan fingerprint density at radius 2 is 1.73 bits per heavy atom. The van der Waals surface area contributed by atoms with Crippen molar-refractivity contribution in [2.24, 2.45) is 5.92 Å². The SMILES string of the molecule is Cc1cc(C(C)(C)C)ccc1CC(C)C. The van der Waals surface area contributed by atoms with E-state index in [0.717, 1.165) is 5.92 Å². The number of hydrogen-bond acceptors (Lipinski definition) is 0. The molecular weight excluding hydrogens is 180 g/mol. The Bertz CT molecular complexity index is 326. The maximum atomic E-state index is 2.34. The van der Waals surface area contributed by atoms with Gasteiger partial charge in [-0.25, -0.2) is 0 Å². The minimum atomic E-state index is 0.265. The van der Waals surface area contributed by atoms with Gasteiger partial charge in [-0.2, -0.15) is 0 Å². The molecule has 0 aromatic heterocycles. The Labute approximate surface area is 94.7 Å². The molecule has 0 aliphatic rings. The summed E-state index contributed by atoms with van der Waals surface area (Å²) in [5.41, 5.74) is 4.64. The molecule has 0 radical (unpaired) electrons. The fourth-order valence-electron chi connectivity index (χ4n) is 1.83. The smallest absolute Gasteiger partial charge is 0.0132 e. The van der Waals surface area contributed by atoms with Crippen molar-refractivity contribution in [3.63, 3.8) is 0 Å². The van der Waals surface area contributed by atoms with Crippen LogP contribution in [0.5, 0.6) is 0 Å². The lowest BCUT2D eigenvalue weighted by atomic mass is 9.84. The topological polar surface area (TPSA) is 0 Å². The fraction of sp³-hybridized carbons (Fsp3) is 0.600. The molecule has 0 fully saturated rings. The second-order valence-electron chi connectivity index (χ2n) is 5.99. The van der Waals surface area contributed by atoms with E-state index < -0.39 is 0 Å². The summed E-state index contributed by atoms with van der Waals surface area (Å²) in [5, 5.41) is 0. The number of aryl methyl sites for hydroxylation is 1. The van der Waals surface area contributed by atoms with Gasteiger partial charge < -0.3 is 0 Å². The Hall–Kier alpha value is -0.780. The maximum Gasteiger partial charge on any atom is -0.0132 e. The predicted octanol–water partition coefficient (Wildman–Crippen LogP) is 4.49. The molecule has 0 heterocycles. The first-order chi connectivity index (χ1) is 6.80.